The maximum atomic E-state index is 12.9. The lowest BCUT2D eigenvalue weighted by Gasteiger charge is -2.44. The van der Waals surface area contributed by atoms with Crippen LogP contribution in [0.2, 0.25) is 0 Å². The number of thiophene rings is 1. The second kappa shape index (κ2) is 7.39. The fourth-order valence-corrected chi connectivity index (χ4v) is 6.03. The molecular weight excluding hydrogens is 416 g/mol. The Balaban J connectivity index is 1.51. The Morgan fingerprint density at radius 1 is 1.45 bits per heavy atom. The quantitative estimate of drug-likeness (QED) is 0.433. The molecule has 2 fully saturated rings. The molecule has 2 aliphatic heterocycles. The fraction of sp³-hybridized carbons (Fsp3) is 0.500. The van der Waals surface area contributed by atoms with E-state index in [1.807, 2.05) is 19.2 Å². The first-order valence-corrected chi connectivity index (χ1v) is 10.7. The van der Waals surface area contributed by atoms with Crippen LogP contribution in [0.5, 0.6) is 0 Å². The van der Waals surface area contributed by atoms with Gasteiger partial charge < -0.3 is 21.3 Å². The number of nitrogens with one attached hydrogen (secondary N) is 3. The van der Waals surface area contributed by atoms with Gasteiger partial charge in [0.05, 0.1) is 6.54 Å². The minimum atomic E-state index is -0.902. The second-order valence-electron chi connectivity index (χ2n) is 7.24. The highest BCUT2D eigenvalue weighted by Crippen LogP contribution is 2.56. The zero-order valence-corrected chi connectivity index (χ0v) is 17.3. The number of H-pyrrole nitrogens is 1. The molecular formula is C16H20N8O3S2. The number of carbonyl (C=O) groups is 3. The Hall–Kier alpha value is -2.51. The molecule has 2 aromatic rings. The summed E-state index contributed by atoms with van der Waals surface area (Å²) in [5, 5.41) is 21.1. The summed E-state index contributed by atoms with van der Waals surface area (Å²) in [5.74, 6) is -0.677. The highest BCUT2D eigenvalue weighted by Gasteiger charge is 2.63. The van der Waals surface area contributed by atoms with Crippen molar-refractivity contribution in [2.24, 2.45) is 5.73 Å². The number of aromatic amines is 1. The molecule has 4 atom stereocenters. The van der Waals surface area contributed by atoms with E-state index in [4.69, 9.17) is 5.73 Å². The number of thioether (sulfide) groups is 1. The molecule has 2 aliphatic rings. The molecule has 0 bridgehead atoms. The molecule has 13 heteroatoms. The largest absolute Gasteiger partial charge is 0.340 e. The van der Waals surface area contributed by atoms with Gasteiger partial charge in [0.15, 0.2) is 5.82 Å². The van der Waals surface area contributed by atoms with Crippen molar-refractivity contribution in [3.05, 3.63) is 28.2 Å². The number of nitrogens with zero attached hydrogens (tertiary/aromatic N) is 4. The van der Waals surface area contributed by atoms with Crippen LogP contribution in [0, 0.1) is 0 Å². The van der Waals surface area contributed by atoms with Gasteiger partial charge in [-0.2, -0.15) is 5.21 Å². The van der Waals surface area contributed by atoms with Crippen molar-refractivity contribution >= 4 is 40.8 Å². The monoisotopic (exact) mass is 436 g/mol. The smallest absolute Gasteiger partial charge is 0.249 e. The minimum Gasteiger partial charge on any atom is -0.340 e. The van der Waals surface area contributed by atoms with E-state index in [1.54, 1.807) is 28.8 Å². The Kier molecular flexibility index (Phi) is 5.04. The van der Waals surface area contributed by atoms with E-state index in [0.29, 0.717) is 10.7 Å². The van der Waals surface area contributed by atoms with E-state index in [1.165, 1.54) is 11.3 Å². The average molecular weight is 437 g/mol. The molecule has 3 unspecified atom stereocenters. The number of fused-ring (bicyclic) bond motifs is 1. The van der Waals surface area contributed by atoms with Gasteiger partial charge >= 0.3 is 0 Å². The Labute approximate surface area is 174 Å². The molecule has 4 rings (SSSR count). The third-order valence-electron chi connectivity index (χ3n) is 4.93. The minimum absolute atomic E-state index is 0.216. The summed E-state index contributed by atoms with van der Waals surface area (Å²) in [6, 6.07) is 1.60. The zero-order chi connectivity index (χ0) is 20.8. The number of nitrogens with two attached hydrogens (primary N) is 1. The van der Waals surface area contributed by atoms with Crippen LogP contribution >= 0.6 is 23.1 Å². The van der Waals surface area contributed by atoms with E-state index in [-0.39, 0.29) is 28.6 Å². The van der Waals surface area contributed by atoms with E-state index in [0.717, 1.165) is 0 Å². The van der Waals surface area contributed by atoms with Crippen molar-refractivity contribution in [3.8, 4) is 0 Å². The van der Waals surface area contributed by atoms with Crippen molar-refractivity contribution in [1.82, 2.24) is 36.2 Å². The van der Waals surface area contributed by atoms with Gasteiger partial charge in [0.1, 0.15) is 23.5 Å². The molecule has 3 amide bonds. The van der Waals surface area contributed by atoms with E-state index >= 15 is 0 Å². The van der Waals surface area contributed by atoms with Crippen molar-refractivity contribution in [1.29, 1.82) is 0 Å². The normalized spacial score (nSPS) is 25.8. The van der Waals surface area contributed by atoms with Gasteiger partial charge in [-0.1, -0.05) is 11.3 Å². The van der Waals surface area contributed by atoms with Crippen molar-refractivity contribution < 1.29 is 14.4 Å². The summed E-state index contributed by atoms with van der Waals surface area (Å²) in [6.07, 6.45) is 0. The summed E-state index contributed by atoms with van der Waals surface area (Å²) in [5.41, 5.74) is 5.37. The average Bonchev–Trinajstić information content (AvgIpc) is 3.43. The number of amides is 3. The van der Waals surface area contributed by atoms with Gasteiger partial charge in [-0.15, -0.1) is 33.3 Å². The van der Waals surface area contributed by atoms with E-state index < -0.39 is 23.9 Å². The van der Waals surface area contributed by atoms with Crippen molar-refractivity contribution in [2.45, 2.75) is 42.1 Å². The first-order valence-electron chi connectivity index (χ1n) is 8.90. The van der Waals surface area contributed by atoms with Crippen LogP contribution in [0.3, 0.4) is 0 Å². The lowest BCUT2D eigenvalue weighted by Crippen LogP contribution is -2.68. The van der Waals surface area contributed by atoms with Crippen LogP contribution in [0.25, 0.3) is 0 Å². The predicted molar refractivity (Wildman–Crippen MR) is 105 cm³/mol. The number of rotatable bonds is 6. The number of tetrazole rings is 1. The third-order valence-corrected chi connectivity index (χ3v) is 7.43. The molecule has 0 aromatic carbocycles. The predicted octanol–water partition coefficient (Wildman–Crippen LogP) is -0.703. The van der Waals surface area contributed by atoms with Gasteiger partial charge in [-0.05, 0) is 25.3 Å². The van der Waals surface area contributed by atoms with Crippen LogP contribution in [-0.2, 0) is 14.4 Å². The topological polar surface area (TPSA) is 159 Å². The third kappa shape index (κ3) is 3.38. The summed E-state index contributed by atoms with van der Waals surface area (Å²) in [4.78, 5) is 39.9. The molecule has 0 saturated carbocycles. The van der Waals surface area contributed by atoms with Gasteiger partial charge in [0.2, 0.25) is 17.7 Å². The fourth-order valence-electron chi connectivity index (χ4n) is 3.63. The molecule has 0 aliphatic carbocycles. The highest BCUT2D eigenvalue weighted by molar-refractivity contribution is 8.01. The molecule has 2 aromatic heterocycles. The van der Waals surface area contributed by atoms with Crippen LogP contribution < -0.4 is 16.4 Å². The van der Waals surface area contributed by atoms with Gasteiger partial charge in [0.25, 0.3) is 0 Å². The zero-order valence-electron chi connectivity index (χ0n) is 15.7. The number of hydrogen-bond acceptors (Lipinski definition) is 9. The van der Waals surface area contributed by atoms with Crippen LogP contribution in [0.15, 0.2) is 17.5 Å². The second-order valence-corrected chi connectivity index (χ2v) is 9.99. The van der Waals surface area contributed by atoms with Gasteiger partial charge in [-0.3, -0.25) is 14.4 Å². The molecule has 2 saturated heterocycles. The molecule has 5 N–H and O–H groups in total. The van der Waals surface area contributed by atoms with Crippen LogP contribution in [-0.4, -0.2) is 66.0 Å². The van der Waals surface area contributed by atoms with Gasteiger partial charge in [-0.25, -0.2) is 0 Å². The lowest BCUT2D eigenvalue weighted by atomic mass is 9.95. The molecule has 0 radical (unpaired) electrons. The van der Waals surface area contributed by atoms with E-state index in [2.05, 4.69) is 31.3 Å². The molecule has 29 heavy (non-hydrogen) atoms. The Morgan fingerprint density at radius 3 is 2.86 bits per heavy atom. The van der Waals surface area contributed by atoms with Crippen LogP contribution in [0.1, 0.15) is 36.6 Å². The first kappa shape index (κ1) is 19.8. The molecule has 154 valence electrons. The number of aromatic nitrogens is 4. The Morgan fingerprint density at radius 2 is 2.24 bits per heavy atom. The molecule has 11 nitrogen and oxygen atoms in total. The van der Waals surface area contributed by atoms with Crippen molar-refractivity contribution in [2.75, 3.05) is 6.54 Å². The summed E-state index contributed by atoms with van der Waals surface area (Å²) in [7, 11) is 0. The number of hydrogen-bond donors (Lipinski definition) is 4. The summed E-state index contributed by atoms with van der Waals surface area (Å²) in [6.45, 7) is 3.77. The van der Waals surface area contributed by atoms with Gasteiger partial charge in [0, 0.05) is 9.62 Å². The summed E-state index contributed by atoms with van der Waals surface area (Å²) >= 11 is 2.91. The highest BCUT2D eigenvalue weighted by atomic mass is 32.2. The maximum absolute atomic E-state index is 12.9. The van der Waals surface area contributed by atoms with Crippen molar-refractivity contribution in [3.63, 3.8) is 0 Å². The Bertz CT molecular complexity index is 917. The molecule has 0 spiro atoms. The maximum Gasteiger partial charge on any atom is 0.249 e. The first-order chi connectivity index (χ1) is 13.8. The SMILES string of the molecule is CC1(C)S[C@H]2C(NC(=O)C(NC(=O)CN)c3cccs3)C(=O)N2C1c1nn[nH]n1. The lowest BCUT2D eigenvalue weighted by molar-refractivity contribution is -0.152. The number of β-lactam (4-membered cyclic amide) rings is 1. The molecule has 4 heterocycles. The summed E-state index contributed by atoms with van der Waals surface area (Å²) < 4.78 is -0.357. The number of carbonyl (C=O) groups excluding carboxylic acids is 3. The van der Waals surface area contributed by atoms with Crippen LogP contribution in [0.4, 0.5) is 0 Å². The van der Waals surface area contributed by atoms with E-state index in [9.17, 15) is 14.4 Å². The standard InChI is InChI=1S/C16H20N8O3S2/c1-16(2)11(12-20-22-23-21-12)24-14(27)10(15(24)29-16)19-13(26)9(18-8(25)6-17)7-4-3-5-28-7/h3-5,9-11,15H,6,17H2,1-2H3,(H,18,25)(H,19,26)(H,20,21,22,23)/t9?,10?,11?,15-/m0/s1.